The number of carbonyl (C=O) groups excluding carboxylic acids is 1. The Morgan fingerprint density at radius 1 is 1.13 bits per heavy atom. The Kier molecular flexibility index (Phi) is 8.12. The molecule has 0 saturated carbocycles. The molecule has 2 aromatic carbocycles. The van der Waals surface area contributed by atoms with Crippen LogP contribution in [0.25, 0.3) is 0 Å². The zero-order valence-corrected chi connectivity index (χ0v) is 18.4. The molecule has 1 aliphatic heterocycles. The second-order valence-electron chi connectivity index (χ2n) is 7.85. The van der Waals surface area contributed by atoms with Crippen LogP contribution >= 0.6 is 0 Å². The summed E-state index contributed by atoms with van der Waals surface area (Å²) in [5.41, 5.74) is 1.31. The maximum Gasteiger partial charge on any atom is 0.220 e. The van der Waals surface area contributed by atoms with E-state index >= 15 is 0 Å². The molecule has 1 amide bonds. The van der Waals surface area contributed by atoms with E-state index in [2.05, 4.69) is 5.32 Å². The molecule has 31 heavy (non-hydrogen) atoms. The van der Waals surface area contributed by atoms with Gasteiger partial charge in [-0.25, -0.2) is 4.39 Å². The third-order valence-electron chi connectivity index (χ3n) is 5.14. The molecular weight excluding hydrogens is 399 g/mol. The van der Waals surface area contributed by atoms with Crippen LogP contribution in [0.4, 0.5) is 10.1 Å². The zero-order valence-electron chi connectivity index (χ0n) is 18.4. The molecule has 1 N–H and O–H groups in total. The summed E-state index contributed by atoms with van der Waals surface area (Å²) in [6.45, 7) is 6.05. The van der Waals surface area contributed by atoms with E-state index in [0.717, 1.165) is 17.1 Å². The lowest BCUT2D eigenvalue weighted by molar-refractivity contribution is -0.121. The highest BCUT2D eigenvalue weighted by Crippen LogP contribution is 2.24. The Bertz CT molecular complexity index is 849. The number of ether oxygens (including phenoxy) is 3. The number of nitrogens with zero attached hydrogens (tertiary/aromatic N) is 1. The smallest absolute Gasteiger partial charge is 0.220 e. The highest BCUT2D eigenvalue weighted by atomic mass is 19.1. The Morgan fingerprint density at radius 3 is 2.45 bits per heavy atom. The number of hydrogen-bond donors (Lipinski definition) is 1. The highest BCUT2D eigenvalue weighted by Gasteiger charge is 2.24. The first-order valence-electron chi connectivity index (χ1n) is 10.7. The monoisotopic (exact) mass is 430 g/mol. The average Bonchev–Trinajstić information content (AvgIpc) is 2.75. The molecule has 0 spiro atoms. The summed E-state index contributed by atoms with van der Waals surface area (Å²) in [6.07, 6.45) is 1.07. The Labute approximate surface area is 183 Å². The number of carbonyl (C=O) groups is 1. The fourth-order valence-electron chi connectivity index (χ4n) is 3.68. The minimum absolute atomic E-state index is 0.0656. The van der Waals surface area contributed by atoms with Gasteiger partial charge in [0.1, 0.15) is 17.3 Å². The van der Waals surface area contributed by atoms with Crippen LogP contribution in [0.15, 0.2) is 42.5 Å². The van der Waals surface area contributed by atoms with Gasteiger partial charge in [-0.3, -0.25) is 4.79 Å². The summed E-state index contributed by atoms with van der Waals surface area (Å²) in [4.78, 5) is 14.1. The minimum Gasteiger partial charge on any atom is -0.497 e. The SMILES string of the molecule is COc1ccc(OCCCC(=O)NCc2ccc(N3CC(C)OC(C)C3)c(F)c2)cc1. The first-order valence-corrected chi connectivity index (χ1v) is 10.7. The van der Waals surface area contributed by atoms with E-state index in [1.807, 2.05) is 49.1 Å². The van der Waals surface area contributed by atoms with E-state index in [1.165, 1.54) is 6.07 Å². The number of amides is 1. The third-order valence-corrected chi connectivity index (χ3v) is 5.14. The summed E-state index contributed by atoms with van der Waals surface area (Å²) < 4.78 is 31.1. The molecule has 2 aromatic rings. The van der Waals surface area contributed by atoms with Gasteiger partial charge in [0, 0.05) is 26.1 Å². The molecule has 7 heteroatoms. The molecule has 0 aliphatic carbocycles. The molecule has 1 fully saturated rings. The number of halogens is 1. The van der Waals surface area contributed by atoms with Crippen LogP contribution in [0.1, 0.15) is 32.3 Å². The van der Waals surface area contributed by atoms with Crippen LogP contribution in [0.3, 0.4) is 0 Å². The van der Waals surface area contributed by atoms with E-state index in [1.54, 1.807) is 13.2 Å². The van der Waals surface area contributed by atoms with E-state index in [4.69, 9.17) is 14.2 Å². The van der Waals surface area contributed by atoms with Crippen molar-refractivity contribution >= 4 is 11.6 Å². The topological polar surface area (TPSA) is 60.0 Å². The van der Waals surface area contributed by atoms with Crippen LogP contribution < -0.4 is 19.7 Å². The van der Waals surface area contributed by atoms with Gasteiger partial charge < -0.3 is 24.4 Å². The van der Waals surface area contributed by atoms with Crippen molar-refractivity contribution in [2.45, 2.75) is 45.4 Å². The zero-order chi connectivity index (χ0) is 22.2. The summed E-state index contributed by atoms with van der Waals surface area (Å²) >= 11 is 0. The number of hydrogen-bond acceptors (Lipinski definition) is 5. The molecular formula is C24H31FN2O4. The minimum atomic E-state index is -0.277. The number of morpholine rings is 1. The molecule has 2 unspecified atom stereocenters. The Balaban J connectivity index is 1.40. The lowest BCUT2D eigenvalue weighted by atomic mass is 10.1. The fraction of sp³-hybridized carbons (Fsp3) is 0.458. The lowest BCUT2D eigenvalue weighted by Gasteiger charge is -2.37. The van der Waals surface area contributed by atoms with Crippen LogP contribution in [0.5, 0.6) is 11.5 Å². The van der Waals surface area contributed by atoms with Crippen molar-refractivity contribution in [3.63, 3.8) is 0 Å². The van der Waals surface area contributed by atoms with Crippen LogP contribution in [0.2, 0.25) is 0 Å². The maximum absolute atomic E-state index is 14.7. The molecule has 168 valence electrons. The normalized spacial score (nSPS) is 18.5. The summed E-state index contributed by atoms with van der Waals surface area (Å²) in [7, 11) is 1.61. The number of nitrogens with one attached hydrogen (secondary N) is 1. The molecule has 0 bridgehead atoms. The van der Waals surface area contributed by atoms with Crippen LogP contribution in [0, 0.1) is 5.82 Å². The van der Waals surface area contributed by atoms with Crippen molar-refractivity contribution in [3.8, 4) is 11.5 Å². The van der Waals surface area contributed by atoms with Gasteiger partial charge >= 0.3 is 0 Å². The van der Waals surface area contributed by atoms with Crippen molar-refractivity contribution in [2.24, 2.45) is 0 Å². The molecule has 0 radical (unpaired) electrons. The number of benzene rings is 2. The number of anilines is 1. The first kappa shape index (κ1) is 22.9. The van der Waals surface area contributed by atoms with Gasteiger partial charge in [-0.1, -0.05) is 6.07 Å². The van der Waals surface area contributed by atoms with Crippen LogP contribution in [-0.4, -0.2) is 44.9 Å². The molecule has 6 nitrogen and oxygen atoms in total. The van der Waals surface area contributed by atoms with Crippen molar-refractivity contribution in [2.75, 3.05) is 31.7 Å². The predicted molar refractivity (Wildman–Crippen MR) is 118 cm³/mol. The molecule has 1 saturated heterocycles. The van der Waals surface area contributed by atoms with Gasteiger partial charge in [-0.15, -0.1) is 0 Å². The third kappa shape index (κ3) is 6.85. The van der Waals surface area contributed by atoms with Gasteiger partial charge in [-0.05, 0) is 62.2 Å². The van der Waals surface area contributed by atoms with Gasteiger partial charge in [-0.2, -0.15) is 0 Å². The van der Waals surface area contributed by atoms with E-state index in [-0.39, 0.29) is 23.9 Å². The van der Waals surface area contributed by atoms with Gasteiger partial charge in [0.15, 0.2) is 0 Å². The summed E-state index contributed by atoms with van der Waals surface area (Å²) in [5.74, 6) is 1.14. The molecule has 2 atom stereocenters. The fourth-order valence-corrected chi connectivity index (χ4v) is 3.68. The average molecular weight is 431 g/mol. The molecule has 0 aromatic heterocycles. The van der Waals surface area contributed by atoms with Crippen molar-refractivity contribution in [1.29, 1.82) is 0 Å². The maximum atomic E-state index is 14.7. The quantitative estimate of drug-likeness (QED) is 0.611. The van der Waals surface area contributed by atoms with Crippen LogP contribution in [-0.2, 0) is 16.1 Å². The summed E-state index contributed by atoms with van der Waals surface area (Å²) in [5, 5.41) is 2.84. The van der Waals surface area contributed by atoms with E-state index in [0.29, 0.717) is 44.8 Å². The van der Waals surface area contributed by atoms with Gasteiger partial charge in [0.2, 0.25) is 5.91 Å². The standard InChI is InChI=1S/C24H31FN2O4/c1-17-15-27(16-18(2)31-17)23-11-6-19(13-22(23)25)14-26-24(28)5-4-12-30-21-9-7-20(29-3)8-10-21/h6-11,13,17-18H,4-5,12,14-16H2,1-3H3,(H,26,28). The predicted octanol–water partition coefficient (Wildman–Crippen LogP) is 3.92. The number of rotatable bonds is 9. The van der Waals surface area contributed by atoms with E-state index < -0.39 is 0 Å². The second kappa shape index (κ2) is 11.0. The molecule has 1 aliphatic rings. The Hall–Kier alpha value is -2.80. The van der Waals surface area contributed by atoms with Gasteiger partial charge in [0.25, 0.3) is 0 Å². The van der Waals surface area contributed by atoms with E-state index in [9.17, 15) is 9.18 Å². The van der Waals surface area contributed by atoms with Crippen molar-refractivity contribution < 1.29 is 23.4 Å². The lowest BCUT2D eigenvalue weighted by Crippen LogP contribution is -2.45. The van der Waals surface area contributed by atoms with Crippen molar-refractivity contribution in [1.82, 2.24) is 5.32 Å². The Morgan fingerprint density at radius 2 is 1.81 bits per heavy atom. The van der Waals surface area contributed by atoms with Gasteiger partial charge in [0.05, 0.1) is 31.6 Å². The second-order valence-corrected chi connectivity index (χ2v) is 7.85. The molecule has 3 rings (SSSR count). The largest absolute Gasteiger partial charge is 0.497 e. The van der Waals surface area contributed by atoms with Crippen molar-refractivity contribution in [3.05, 3.63) is 53.8 Å². The molecule has 1 heterocycles. The highest BCUT2D eigenvalue weighted by molar-refractivity contribution is 5.75. The number of methoxy groups -OCH3 is 1. The first-order chi connectivity index (χ1) is 14.9. The summed E-state index contributed by atoms with van der Waals surface area (Å²) in [6, 6.07) is 12.4.